The van der Waals surface area contributed by atoms with Crippen molar-refractivity contribution in [1.82, 2.24) is 9.55 Å². The summed E-state index contributed by atoms with van der Waals surface area (Å²) in [6.07, 6.45) is 0. The van der Waals surface area contributed by atoms with Crippen LogP contribution in [0.5, 0.6) is 5.75 Å². The van der Waals surface area contributed by atoms with Crippen molar-refractivity contribution in [3.05, 3.63) is 58.7 Å². The van der Waals surface area contributed by atoms with Crippen molar-refractivity contribution < 1.29 is 14.3 Å². The van der Waals surface area contributed by atoms with Crippen LogP contribution in [-0.2, 0) is 16.6 Å². The first-order valence-corrected chi connectivity index (χ1v) is 12.5. The molecule has 2 aromatic carbocycles. The van der Waals surface area contributed by atoms with Crippen molar-refractivity contribution in [2.24, 2.45) is 12.0 Å². The number of rotatable bonds is 7. The van der Waals surface area contributed by atoms with Gasteiger partial charge in [0.25, 0.3) is 5.91 Å². The Morgan fingerprint density at radius 3 is 2.78 bits per heavy atom. The summed E-state index contributed by atoms with van der Waals surface area (Å²) >= 11 is 4.02. The molecule has 0 fully saturated rings. The van der Waals surface area contributed by atoms with E-state index in [1.807, 2.05) is 65.5 Å². The first-order chi connectivity index (χ1) is 15.5. The second-order valence-corrected chi connectivity index (χ2v) is 9.58. The number of ether oxygens (including phenoxy) is 1. The summed E-state index contributed by atoms with van der Waals surface area (Å²) < 4.78 is 8.12. The Bertz CT molecular complexity index is 1330. The Labute approximate surface area is 196 Å². The molecular weight excluding hydrogens is 464 g/mol. The van der Waals surface area contributed by atoms with E-state index < -0.39 is 0 Å². The number of fused-ring (bicyclic) bond motifs is 1. The van der Waals surface area contributed by atoms with Crippen LogP contribution in [0.15, 0.2) is 58.9 Å². The first-order valence-electron chi connectivity index (χ1n) is 9.63. The number of amides is 2. The fourth-order valence-corrected chi connectivity index (χ4v) is 5.34. The molecule has 7 nitrogen and oxygen atoms in total. The largest absolute Gasteiger partial charge is 0.497 e. The minimum absolute atomic E-state index is 0.123. The van der Waals surface area contributed by atoms with Gasteiger partial charge in [0.05, 0.1) is 34.5 Å². The summed E-state index contributed by atoms with van der Waals surface area (Å²) in [5.74, 6) is 0.554. The van der Waals surface area contributed by atoms with E-state index in [4.69, 9.17) is 4.74 Å². The van der Waals surface area contributed by atoms with E-state index in [9.17, 15) is 9.59 Å². The number of aromatic nitrogens is 2. The molecule has 164 valence electrons. The van der Waals surface area contributed by atoms with E-state index in [1.54, 1.807) is 7.11 Å². The predicted molar refractivity (Wildman–Crippen MR) is 131 cm³/mol. The summed E-state index contributed by atoms with van der Waals surface area (Å²) in [7, 11) is 3.49. The summed E-state index contributed by atoms with van der Waals surface area (Å²) in [4.78, 5) is 33.8. The van der Waals surface area contributed by atoms with E-state index in [0.717, 1.165) is 27.2 Å². The second kappa shape index (κ2) is 10.1. The fraction of sp³-hybridized carbons (Fsp3) is 0.182. The summed E-state index contributed by atoms with van der Waals surface area (Å²) in [5.41, 5.74) is 2.80. The summed E-state index contributed by atoms with van der Waals surface area (Å²) in [5, 5.41) is 5.23. The molecule has 0 aliphatic rings. The number of nitrogens with one attached hydrogen (secondary N) is 1. The van der Waals surface area contributed by atoms with Gasteiger partial charge in [0, 0.05) is 18.0 Å². The number of nitrogens with zero attached hydrogens (tertiary/aromatic N) is 3. The summed E-state index contributed by atoms with van der Waals surface area (Å²) in [6.45, 7) is 0. The van der Waals surface area contributed by atoms with Gasteiger partial charge in [-0.1, -0.05) is 41.7 Å². The molecule has 0 bridgehead atoms. The van der Waals surface area contributed by atoms with Gasteiger partial charge in [-0.25, -0.2) is 4.98 Å². The molecule has 2 heterocycles. The third-order valence-electron chi connectivity index (χ3n) is 4.52. The maximum Gasteiger partial charge on any atom is 0.258 e. The number of anilines is 1. The van der Waals surface area contributed by atoms with Crippen LogP contribution in [0, 0.1) is 0 Å². The third kappa shape index (κ3) is 5.26. The standard InChI is InChI=1S/C22H20N4O3S3/c1-26-17-9-8-15(29-2)10-18(17)32-22(26)25-20(28)13-30-12-19(27)24-21-23-16(11-31-21)14-6-4-3-5-7-14/h3-11H,12-13H2,1-2H3,(H,23,24,27). The average molecular weight is 485 g/mol. The maximum atomic E-state index is 12.3. The zero-order chi connectivity index (χ0) is 22.5. The van der Waals surface area contributed by atoms with Crippen LogP contribution in [-0.4, -0.2) is 40.0 Å². The van der Waals surface area contributed by atoms with Crippen LogP contribution < -0.4 is 14.9 Å². The molecule has 4 aromatic rings. The van der Waals surface area contributed by atoms with Gasteiger partial charge in [-0.3, -0.25) is 9.59 Å². The molecule has 0 saturated carbocycles. The molecule has 10 heteroatoms. The SMILES string of the molecule is COc1ccc2c(c1)sc(=NC(=O)CSCC(=O)Nc1nc(-c3ccccc3)cs1)n2C. The number of hydrogen-bond acceptors (Lipinski definition) is 7. The van der Waals surface area contributed by atoms with Crippen molar-refractivity contribution in [2.45, 2.75) is 0 Å². The molecular formula is C22H20N4O3S3. The summed E-state index contributed by atoms with van der Waals surface area (Å²) in [6, 6.07) is 15.5. The lowest BCUT2D eigenvalue weighted by Gasteiger charge is -2.01. The lowest BCUT2D eigenvalue weighted by molar-refractivity contribution is -0.115. The van der Waals surface area contributed by atoms with Crippen molar-refractivity contribution in [2.75, 3.05) is 23.9 Å². The van der Waals surface area contributed by atoms with Gasteiger partial charge >= 0.3 is 0 Å². The molecule has 4 rings (SSSR count). The molecule has 0 aliphatic carbocycles. The van der Waals surface area contributed by atoms with Gasteiger partial charge < -0.3 is 14.6 Å². The Morgan fingerprint density at radius 2 is 2.00 bits per heavy atom. The Morgan fingerprint density at radius 1 is 1.19 bits per heavy atom. The topological polar surface area (TPSA) is 85.6 Å². The molecule has 0 spiro atoms. The van der Waals surface area contributed by atoms with Crippen LogP contribution in [0.3, 0.4) is 0 Å². The molecule has 32 heavy (non-hydrogen) atoms. The van der Waals surface area contributed by atoms with Crippen molar-refractivity contribution in [1.29, 1.82) is 0 Å². The van der Waals surface area contributed by atoms with Gasteiger partial charge in [0.2, 0.25) is 5.91 Å². The van der Waals surface area contributed by atoms with Gasteiger partial charge in [0.15, 0.2) is 9.93 Å². The van der Waals surface area contributed by atoms with Crippen LogP contribution in [0.2, 0.25) is 0 Å². The quantitative estimate of drug-likeness (QED) is 0.426. The Hall–Kier alpha value is -2.95. The number of thioether (sulfide) groups is 1. The van der Waals surface area contributed by atoms with Crippen molar-refractivity contribution in [3.63, 3.8) is 0 Å². The monoisotopic (exact) mass is 484 g/mol. The molecule has 0 unspecified atom stereocenters. The van der Waals surface area contributed by atoms with Crippen LogP contribution in [0.4, 0.5) is 5.13 Å². The fourth-order valence-electron chi connectivity index (χ4n) is 2.95. The predicted octanol–water partition coefficient (Wildman–Crippen LogP) is 4.17. The highest BCUT2D eigenvalue weighted by Gasteiger charge is 2.10. The molecule has 0 atom stereocenters. The number of benzene rings is 2. The van der Waals surface area contributed by atoms with Crippen molar-refractivity contribution in [3.8, 4) is 17.0 Å². The second-order valence-electron chi connectivity index (χ2n) is 6.73. The first kappa shape index (κ1) is 22.3. The van der Waals surface area contributed by atoms with Gasteiger partial charge in [-0.2, -0.15) is 4.99 Å². The van der Waals surface area contributed by atoms with E-state index in [-0.39, 0.29) is 23.3 Å². The molecule has 0 radical (unpaired) electrons. The smallest absolute Gasteiger partial charge is 0.258 e. The van der Waals surface area contributed by atoms with Gasteiger partial charge in [-0.05, 0) is 18.2 Å². The minimum atomic E-state index is -0.280. The number of methoxy groups -OCH3 is 1. The van der Waals surface area contributed by atoms with Gasteiger partial charge in [-0.15, -0.1) is 23.1 Å². The highest BCUT2D eigenvalue weighted by molar-refractivity contribution is 8.00. The zero-order valence-corrected chi connectivity index (χ0v) is 19.9. The number of carbonyl (C=O) groups is 2. The zero-order valence-electron chi connectivity index (χ0n) is 17.4. The third-order valence-corrected chi connectivity index (χ3v) is 7.29. The molecule has 0 aliphatic heterocycles. The molecule has 0 saturated heterocycles. The molecule has 2 aromatic heterocycles. The molecule has 1 N–H and O–H groups in total. The van der Waals surface area contributed by atoms with Crippen molar-refractivity contribution >= 4 is 61.6 Å². The van der Waals surface area contributed by atoms with Crippen LogP contribution in [0.1, 0.15) is 0 Å². The number of hydrogen-bond donors (Lipinski definition) is 1. The van der Waals surface area contributed by atoms with E-state index in [2.05, 4.69) is 15.3 Å². The number of thiazole rings is 2. The van der Waals surface area contributed by atoms with E-state index in [1.165, 1.54) is 34.4 Å². The highest BCUT2D eigenvalue weighted by atomic mass is 32.2. The minimum Gasteiger partial charge on any atom is -0.497 e. The van der Waals surface area contributed by atoms with Crippen LogP contribution >= 0.6 is 34.4 Å². The number of carbonyl (C=O) groups excluding carboxylic acids is 2. The highest BCUT2D eigenvalue weighted by Crippen LogP contribution is 2.25. The lowest BCUT2D eigenvalue weighted by atomic mass is 10.2. The maximum absolute atomic E-state index is 12.3. The average Bonchev–Trinajstić information content (AvgIpc) is 3.38. The lowest BCUT2D eigenvalue weighted by Crippen LogP contribution is -2.17. The molecule has 2 amide bonds. The Kier molecular flexibility index (Phi) is 7.03. The van der Waals surface area contributed by atoms with Gasteiger partial charge in [0.1, 0.15) is 5.75 Å². The Balaban J connectivity index is 1.31. The normalized spacial score (nSPS) is 11.6. The number of aryl methyl sites for hydroxylation is 1. The van der Waals surface area contributed by atoms with E-state index >= 15 is 0 Å². The van der Waals surface area contributed by atoms with E-state index in [0.29, 0.717) is 9.93 Å². The van der Waals surface area contributed by atoms with Crippen LogP contribution in [0.25, 0.3) is 21.5 Å².